The number of unbranched alkanes of at least 4 members (excludes halogenated alkanes) is 1. The molecule has 3 aromatic heterocycles. The van der Waals surface area contributed by atoms with Gasteiger partial charge in [0.25, 0.3) is 0 Å². The third-order valence-corrected chi connectivity index (χ3v) is 11.4. The minimum Gasteiger partial charge on any atom is -0.493 e. The van der Waals surface area contributed by atoms with Crippen molar-refractivity contribution < 1.29 is 23.8 Å². The van der Waals surface area contributed by atoms with Gasteiger partial charge in [-0.25, -0.2) is 9.97 Å². The van der Waals surface area contributed by atoms with Gasteiger partial charge >= 0.3 is 11.9 Å². The van der Waals surface area contributed by atoms with Crippen LogP contribution in [0.25, 0.3) is 90.9 Å². The molecule has 7 aromatic rings. The minimum absolute atomic E-state index is 0.194. The van der Waals surface area contributed by atoms with Crippen LogP contribution in [0, 0.1) is 5.92 Å². The van der Waals surface area contributed by atoms with Crippen LogP contribution in [0.3, 0.4) is 0 Å². The zero-order chi connectivity index (χ0) is 43.8. The summed E-state index contributed by atoms with van der Waals surface area (Å²) < 4.78 is 16.9. The molecule has 64 heavy (non-hydrogen) atoms. The van der Waals surface area contributed by atoms with E-state index in [2.05, 4.69) is 113 Å². The third kappa shape index (κ3) is 8.65. The zero-order valence-electron chi connectivity index (χ0n) is 35.8. The van der Waals surface area contributed by atoms with Crippen LogP contribution >= 0.6 is 0 Å². The molecule has 0 fully saturated rings. The van der Waals surface area contributed by atoms with Crippen LogP contribution in [0.4, 0.5) is 0 Å². The van der Waals surface area contributed by atoms with Gasteiger partial charge < -0.3 is 24.2 Å². The van der Waals surface area contributed by atoms with E-state index in [1.54, 1.807) is 13.8 Å². The molecule has 0 radical (unpaired) electrons. The van der Waals surface area contributed by atoms with Crippen LogP contribution in [0.15, 0.2) is 140 Å². The van der Waals surface area contributed by atoms with Crippen LogP contribution in [-0.4, -0.2) is 51.7 Å². The smallest absolute Gasteiger partial charge is 0.320 e. The number of fused-ring (bicyclic) bond motifs is 8. The van der Waals surface area contributed by atoms with Crippen molar-refractivity contribution in [2.75, 3.05) is 19.8 Å². The van der Waals surface area contributed by atoms with Gasteiger partial charge in [-0.15, -0.1) is 0 Å². The molecule has 0 spiro atoms. The summed E-state index contributed by atoms with van der Waals surface area (Å²) in [4.78, 5) is 43.7. The molecule has 0 atom stereocenters. The highest BCUT2D eigenvalue weighted by molar-refractivity contribution is 6.00. The number of rotatable bonds is 14. The van der Waals surface area contributed by atoms with Crippen molar-refractivity contribution in [3.05, 3.63) is 162 Å². The van der Waals surface area contributed by atoms with Crippen molar-refractivity contribution in [2.24, 2.45) is 5.92 Å². The van der Waals surface area contributed by atoms with E-state index in [4.69, 9.17) is 24.2 Å². The lowest BCUT2D eigenvalue weighted by Gasteiger charge is -2.15. The Morgan fingerprint density at radius 2 is 0.875 bits per heavy atom. The van der Waals surface area contributed by atoms with Gasteiger partial charge in [0.05, 0.1) is 42.6 Å². The maximum atomic E-state index is 12.6. The van der Waals surface area contributed by atoms with Gasteiger partial charge in [0.15, 0.2) is 5.92 Å². The number of nitrogens with zero attached hydrogens (tertiary/aromatic N) is 2. The lowest BCUT2D eigenvalue weighted by atomic mass is 10.0. The van der Waals surface area contributed by atoms with Crippen LogP contribution < -0.4 is 4.74 Å². The highest BCUT2D eigenvalue weighted by Crippen LogP contribution is 2.40. The van der Waals surface area contributed by atoms with Gasteiger partial charge in [-0.2, -0.15) is 0 Å². The van der Waals surface area contributed by atoms with Crippen LogP contribution in [0.5, 0.6) is 5.75 Å². The van der Waals surface area contributed by atoms with Crippen molar-refractivity contribution in [3.63, 3.8) is 0 Å². The Morgan fingerprint density at radius 1 is 0.484 bits per heavy atom. The number of benzene rings is 4. The quantitative estimate of drug-likeness (QED) is 0.0635. The second-order valence-corrected chi connectivity index (χ2v) is 15.5. The number of ether oxygens (including phenoxy) is 3. The molecule has 9 rings (SSSR count). The molecule has 4 aromatic carbocycles. The highest BCUT2D eigenvalue weighted by atomic mass is 16.6. The zero-order valence-corrected chi connectivity index (χ0v) is 35.8. The monoisotopic (exact) mass is 844 g/mol. The summed E-state index contributed by atoms with van der Waals surface area (Å²) >= 11 is 0. The molecule has 2 aliphatic heterocycles. The number of hydrogen-bond donors (Lipinski definition) is 2. The van der Waals surface area contributed by atoms with Crippen molar-refractivity contribution in [3.8, 4) is 50.3 Å². The van der Waals surface area contributed by atoms with Crippen LogP contribution in [0.1, 0.15) is 55.9 Å². The summed E-state index contributed by atoms with van der Waals surface area (Å²) in [6.45, 7) is 4.20. The topological polar surface area (TPSA) is 119 Å². The molecular formula is C55H48N4O5. The fraction of sp³-hybridized carbons (Fsp3) is 0.164. The van der Waals surface area contributed by atoms with E-state index in [0.29, 0.717) is 31.6 Å². The molecule has 2 aliphatic rings. The molecule has 0 unspecified atom stereocenters. The number of carbonyl (C=O) groups excluding carboxylic acids is 2. The number of hydrogen-bond acceptors (Lipinski definition) is 7. The van der Waals surface area contributed by atoms with Crippen LogP contribution in [0.2, 0.25) is 0 Å². The number of aromatic nitrogens is 4. The predicted octanol–water partition coefficient (Wildman–Crippen LogP) is 12.6. The average Bonchev–Trinajstić information content (AvgIpc) is 4.18. The van der Waals surface area contributed by atoms with Crippen molar-refractivity contribution >= 4 is 58.3 Å². The Kier molecular flexibility index (Phi) is 12.4. The Bertz CT molecular complexity index is 2990. The Hall–Kier alpha value is -7.78. The first-order chi connectivity index (χ1) is 31.5. The van der Waals surface area contributed by atoms with Crippen LogP contribution in [-0.2, 0) is 19.1 Å². The number of esters is 2. The fourth-order valence-electron chi connectivity index (χ4n) is 8.46. The molecule has 2 N–H and O–H groups in total. The third-order valence-electron chi connectivity index (χ3n) is 11.4. The highest BCUT2D eigenvalue weighted by Gasteiger charge is 2.29. The van der Waals surface area contributed by atoms with E-state index in [1.165, 1.54) is 0 Å². The summed E-state index contributed by atoms with van der Waals surface area (Å²) in [6, 6.07) is 47.6. The molecule has 5 heterocycles. The fourth-order valence-corrected chi connectivity index (χ4v) is 8.46. The molecule has 318 valence electrons. The first-order valence-electron chi connectivity index (χ1n) is 21.9. The SMILES string of the molecule is CCOC(=O)C(CCCCOc1ccccc1-c1c2nc(c(-c3ccccc3)c3ccc([nH]3)c(-c3ccccc3)c3nc(c(-c4ccccc4)c4ccc1[nH]4)C=C3)C=C2)C(=O)OCC. The van der Waals surface area contributed by atoms with Gasteiger partial charge in [-0.05, 0) is 104 Å². The van der Waals surface area contributed by atoms with Crippen molar-refractivity contribution in [1.82, 2.24) is 19.9 Å². The van der Waals surface area contributed by atoms with E-state index >= 15 is 0 Å². The molecule has 9 nitrogen and oxygen atoms in total. The van der Waals surface area contributed by atoms with E-state index in [0.717, 1.165) is 89.4 Å². The summed E-state index contributed by atoms with van der Waals surface area (Å²) in [6.07, 6.45) is 9.84. The maximum Gasteiger partial charge on any atom is 0.320 e. The van der Waals surface area contributed by atoms with Gasteiger partial charge in [-0.1, -0.05) is 109 Å². The standard InChI is InChI=1S/C55H48N4O5/c1-3-62-54(60)40(55(61)63-4-2)25-16-17-35-64-49-26-15-14-24-39(49)53-47-33-31-45(58-47)51(37-20-10-6-11-21-37)43-29-27-41(56-43)50(36-18-8-5-9-19-36)42-28-30-44(57-42)52(38-22-12-7-13-23-38)46-32-34-48(53)59-46/h5-15,18-24,26-34,40,56,59H,3-4,16-17,25,35H2,1-2H3. The van der Waals surface area contributed by atoms with E-state index in [-0.39, 0.29) is 13.2 Å². The Labute approximate surface area is 372 Å². The lowest BCUT2D eigenvalue weighted by Crippen LogP contribution is -2.28. The largest absolute Gasteiger partial charge is 0.493 e. The normalized spacial score (nSPS) is 11.8. The summed E-state index contributed by atoms with van der Waals surface area (Å²) in [7, 11) is 0. The molecule has 0 saturated carbocycles. The van der Waals surface area contributed by atoms with E-state index < -0.39 is 17.9 Å². The number of carbonyl (C=O) groups is 2. The first-order valence-corrected chi connectivity index (χ1v) is 21.9. The Balaban J connectivity index is 1.23. The second-order valence-electron chi connectivity index (χ2n) is 15.5. The van der Waals surface area contributed by atoms with Gasteiger partial charge in [0.2, 0.25) is 0 Å². The second kappa shape index (κ2) is 19.1. The molecule has 0 amide bonds. The predicted molar refractivity (Wildman–Crippen MR) is 257 cm³/mol. The van der Waals surface area contributed by atoms with Crippen molar-refractivity contribution in [1.29, 1.82) is 0 Å². The lowest BCUT2D eigenvalue weighted by molar-refractivity contribution is -0.162. The van der Waals surface area contributed by atoms with Crippen molar-refractivity contribution in [2.45, 2.75) is 33.1 Å². The molecular weight excluding hydrogens is 797 g/mol. The number of aromatic amines is 2. The maximum absolute atomic E-state index is 12.6. The van der Waals surface area contributed by atoms with Gasteiger partial charge in [-0.3, -0.25) is 9.59 Å². The van der Waals surface area contributed by atoms with E-state index in [1.807, 2.05) is 60.7 Å². The van der Waals surface area contributed by atoms with Gasteiger partial charge in [0.1, 0.15) is 5.75 Å². The molecule has 0 saturated heterocycles. The molecule has 0 aliphatic carbocycles. The minimum atomic E-state index is -0.965. The molecule has 8 bridgehead atoms. The van der Waals surface area contributed by atoms with E-state index in [9.17, 15) is 9.59 Å². The molecule has 9 heteroatoms. The number of nitrogens with one attached hydrogen (secondary N) is 2. The number of H-pyrrole nitrogens is 2. The summed E-state index contributed by atoms with van der Waals surface area (Å²) in [5.41, 5.74) is 14.7. The first kappa shape index (κ1) is 41.6. The summed E-state index contributed by atoms with van der Waals surface area (Å²) in [5, 5.41) is 0. The Morgan fingerprint density at radius 3 is 1.31 bits per heavy atom. The number of para-hydroxylation sites is 1. The van der Waals surface area contributed by atoms with Gasteiger partial charge in [0, 0.05) is 49.9 Å². The summed E-state index contributed by atoms with van der Waals surface area (Å²) in [5.74, 6) is -1.40. The average molecular weight is 845 g/mol.